The normalized spacial score (nSPS) is 16.9. The van der Waals surface area contributed by atoms with Gasteiger partial charge in [-0.05, 0) is 44.7 Å². The van der Waals surface area contributed by atoms with Crippen LogP contribution in [0.1, 0.15) is 49.0 Å². The largest absolute Gasteiger partial charge is 0.462 e. The summed E-state index contributed by atoms with van der Waals surface area (Å²) in [5.74, 6) is -0.568. The highest BCUT2D eigenvalue weighted by Crippen LogP contribution is 2.40. The second kappa shape index (κ2) is 5.89. The van der Waals surface area contributed by atoms with Crippen LogP contribution in [-0.4, -0.2) is 33.4 Å². The first-order chi connectivity index (χ1) is 11.7. The molecule has 2 heterocycles. The number of anilines is 1. The lowest BCUT2D eigenvalue weighted by Gasteiger charge is -2.11. The van der Waals surface area contributed by atoms with Gasteiger partial charge < -0.3 is 10.1 Å². The predicted molar refractivity (Wildman–Crippen MR) is 86.3 cm³/mol. The Kier molecular flexibility index (Phi) is 3.70. The fraction of sp³-hybridized carbons (Fsp3) is 0.471. The molecule has 0 amide bonds. The zero-order valence-corrected chi connectivity index (χ0v) is 13.5. The molecule has 6 nitrogen and oxygen atoms in total. The predicted octanol–water partition coefficient (Wildman–Crippen LogP) is 3.17. The number of hydrogen-bond acceptors (Lipinski definition) is 5. The van der Waals surface area contributed by atoms with Crippen molar-refractivity contribution >= 4 is 11.8 Å². The highest BCUT2D eigenvalue weighted by Gasteiger charge is 2.32. The van der Waals surface area contributed by atoms with Crippen molar-refractivity contribution in [1.29, 1.82) is 0 Å². The Morgan fingerprint density at radius 2 is 2.17 bits per heavy atom. The van der Waals surface area contributed by atoms with E-state index in [1.807, 2.05) is 0 Å². The number of rotatable bonds is 6. The quantitative estimate of drug-likeness (QED) is 0.651. The molecule has 0 radical (unpaired) electrons. The number of carbonyl (C=O) groups is 1. The van der Waals surface area contributed by atoms with Crippen molar-refractivity contribution in [2.24, 2.45) is 0 Å². The first-order valence-corrected chi connectivity index (χ1v) is 8.35. The van der Waals surface area contributed by atoms with E-state index in [9.17, 15) is 9.18 Å². The van der Waals surface area contributed by atoms with Crippen LogP contribution in [0.15, 0.2) is 18.3 Å². The van der Waals surface area contributed by atoms with E-state index in [1.54, 1.807) is 23.7 Å². The van der Waals surface area contributed by atoms with Gasteiger partial charge in [-0.15, -0.1) is 0 Å². The van der Waals surface area contributed by atoms with Gasteiger partial charge in [-0.3, -0.25) is 4.68 Å². The average Bonchev–Trinajstić information content (AvgIpc) is 3.48. The summed E-state index contributed by atoms with van der Waals surface area (Å²) in [5, 5.41) is 7.46. The van der Waals surface area contributed by atoms with Crippen LogP contribution < -0.4 is 5.32 Å². The maximum atomic E-state index is 14.6. The Balaban J connectivity index is 1.73. The van der Waals surface area contributed by atoms with Gasteiger partial charge in [-0.2, -0.15) is 9.49 Å². The summed E-state index contributed by atoms with van der Waals surface area (Å²) < 4.78 is 21.4. The van der Waals surface area contributed by atoms with Gasteiger partial charge in [-0.1, -0.05) is 0 Å². The number of halogens is 1. The minimum absolute atomic E-state index is 0.215. The lowest BCUT2D eigenvalue weighted by atomic mass is 10.1. The molecule has 2 aliphatic rings. The molecule has 7 heteroatoms. The second-order valence-electron chi connectivity index (χ2n) is 6.26. The zero-order chi connectivity index (χ0) is 16.7. The van der Waals surface area contributed by atoms with E-state index in [1.165, 1.54) is 6.20 Å². The van der Waals surface area contributed by atoms with Crippen molar-refractivity contribution < 1.29 is 13.9 Å². The van der Waals surface area contributed by atoms with E-state index in [-0.39, 0.29) is 23.8 Å². The van der Waals surface area contributed by atoms with Crippen molar-refractivity contribution in [2.45, 2.75) is 44.7 Å². The number of nitrogens with zero attached hydrogens (tertiary/aromatic N) is 3. The highest BCUT2D eigenvalue weighted by molar-refractivity contribution is 5.96. The van der Waals surface area contributed by atoms with Gasteiger partial charge in [-0.25, -0.2) is 9.78 Å². The van der Waals surface area contributed by atoms with Crippen LogP contribution in [-0.2, 0) is 4.74 Å². The Morgan fingerprint density at radius 3 is 2.79 bits per heavy atom. The van der Waals surface area contributed by atoms with Crippen LogP contribution in [0.25, 0.3) is 11.3 Å². The number of aromatic nitrogens is 3. The number of ether oxygens (including phenoxy) is 1. The molecule has 0 aromatic carbocycles. The molecule has 2 saturated carbocycles. The lowest BCUT2D eigenvalue weighted by molar-refractivity contribution is 0.0527. The van der Waals surface area contributed by atoms with Crippen molar-refractivity contribution in [3.8, 4) is 11.3 Å². The van der Waals surface area contributed by atoms with Gasteiger partial charge >= 0.3 is 5.97 Å². The molecule has 0 spiro atoms. The third-order valence-electron chi connectivity index (χ3n) is 4.22. The van der Waals surface area contributed by atoms with Gasteiger partial charge in [0.15, 0.2) is 0 Å². The second-order valence-corrected chi connectivity index (χ2v) is 6.26. The third kappa shape index (κ3) is 2.86. The van der Waals surface area contributed by atoms with Crippen LogP contribution >= 0.6 is 0 Å². The molecule has 4 rings (SSSR count). The molecule has 0 saturated heterocycles. The van der Waals surface area contributed by atoms with Crippen molar-refractivity contribution in [1.82, 2.24) is 14.8 Å². The van der Waals surface area contributed by atoms with E-state index in [0.29, 0.717) is 17.6 Å². The first kappa shape index (κ1) is 15.1. The molecule has 0 aliphatic heterocycles. The smallest absolute Gasteiger partial charge is 0.341 e. The molecule has 2 aromatic rings. The molecule has 0 atom stereocenters. The van der Waals surface area contributed by atoms with Gasteiger partial charge in [0.05, 0.1) is 30.1 Å². The molecular formula is C17H19FN4O2. The fourth-order valence-corrected chi connectivity index (χ4v) is 2.71. The summed E-state index contributed by atoms with van der Waals surface area (Å²) in [6.07, 6.45) is 5.60. The summed E-state index contributed by atoms with van der Waals surface area (Å²) in [6, 6.07) is 4.02. The first-order valence-electron chi connectivity index (χ1n) is 8.35. The summed E-state index contributed by atoms with van der Waals surface area (Å²) in [6.45, 7) is 2.00. The monoisotopic (exact) mass is 330 g/mol. The maximum Gasteiger partial charge on any atom is 0.341 e. The Labute approximate surface area is 139 Å². The number of pyridine rings is 1. The summed E-state index contributed by atoms with van der Waals surface area (Å²) >= 11 is 0. The van der Waals surface area contributed by atoms with Gasteiger partial charge in [0.25, 0.3) is 0 Å². The molecule has 0 bridgehead atoms. The molecule has 2 aromatic heterocycles. The summed E-state index contributed by atoms with van der Waals surface area (Å²) in [5.41, 5.74) is 1.02. The molecule has 24 heavy (non-hydrogen) atoms. The van der Waals surface area contributed by atoms with Crippen molar-refractivity contribution in [3.63, 3.8) is 0 Å². The SMILES string of the molecule is CCOC(=O)c1cnn(C2CC2)c1-c1ccc(NC2CC2)nc1F. The molecule has 0 unspecified atom stereocenters. The third-order valence-corrected chi connectivity index (χ3v) is 4.22. The molecule has 126 valence electrons. The zero-order valence-electron chi connectivity index (χ0n) is 13.5. The minimum atomic E-state index is -0.603. The van der Waals surface area contributed by atoms with Crippen LogP contribution in [0.2, 0.25) is 0 Å². The Hall–Kier alpha value is -2.44. The molecule has 2 fully saturated rings. The van der Waals surface area contributed by atoms with E-state index in [0.717, 1.165) is 25.7 Å². The van der Waals surface area contributed by atoms with Crippen molar-refractivity contribution in [2.75, 3.05) is 11.9 Å². The number of nitrogens with one attached hydrogen (secondary N) is 1. The van der Waals surface area contributed by atoms with Crippen molar-refractivity contribution in [3.05, 3.63) is 29.8 Å². The van der Waals surface area contributed by atoms with E-state index in [4.69, 9.17) is 4.74 Å². The van der Waals surface area contributed by atoms with Crippen LogP contribution in [0, 0.1) is 5.95 Å². The van der Waals surface area contributed by atoms with E-state index >= 15 is 0 Å². The topological polar surface area (TPSA) is 69.0 Å². The molecule has 1 N–H and O–H groups in total. The molecular weight excluding hydrogens is 311 g/mol. The lowest BCUT2D eigenvalue weighted by Crippen LogP contribution is -2.09. The van der Waals surface area contributed by atoms with Crippen LogP contribution in [0.5, 0.6) is 0 Å². The summed E-state index contributed by atoms with van der Waals surface area (Å²) in [7, 11) is 0. The number of carbonyl (C=O) groups excluding carboxylic acids is 1. The minimum Gasteiger partial charge on any atom is -0.462 e. The van der Waals surface area contributed by atoms with Crippen LogP contribution in [0.3, 0.4) is 0 Å². The van der Waals surface area contributed by atoms with E-state index < -0.39 is 11.9 Å². The number of hydrogen-bond donors (Lipinski definition) is 1. The van der Waals surface area contributed by atoms with Gasteiger partial charge in [0.2, 0.25) is 5.95 Å². The standard InChI is InChI=1S/C17H19FN4O2/c1-2-24-17(23)13-9-19-22(11-5-6-11)15(13)12-7-8-14(21-16(12)18)20-10-3-4-10/h7-11H,2-6H2,1H3,(H,20,21). The number of esters is 1. The Morgan fingerprint density at radius 1 is 1.38 bits per heavy atom. The van der Waals surface area contributed by atoms with Gasteiger partial charge in [0.1, 0.15) is 11.4 Å². The fourth-order valence-electron chi connectivity index (χ4n) is 2.71. The molecule has 2 aliphatic carbocycles. The maximum absolute atomic E-state index is 14.6. The summed E-state index contributed by atoms with van der Waals surface area (Å²) in [4.78, 5) is 16.2. The Bertz CT molecular complexity index is 781. The van der Waals surface area contributed by atoms with Crippen LogP contribution in [0.4, 0.5) is 10.2 Å². The van der Waals surface area contributed by atoms with Gasteiger partial charge in [0, 0.05) is 6.04 Å². The highest BCUT2D eigenvalue weighted by atomic mass is 19.1. The average molecular weight is 330 g/mol. The van der Waals surface area contributed by atoms with E-state index in [2.05, 4.69) is 15.4 Å².